The van der Waals surface area contributed by atoms with Gasteiger partial charge < -0.3 is 16.0 Å². The number of guanidine groups is 1. The molecule has 5 nitrogen and oxygen atoms in total. The third-order valence-corrected chi connectivity index (χ3v) is 5.00. The molecule has 0 aromatic heterocycles. The number of carbonyl (C=O) groups is 1. The van der Waals surface area contributed by atoms with Crippen molar-refractivity contribution >= 4 is 35.8 Å². The molecule has 1 unspecified atom stereocenters. The Kier molecular flexibility index (Phi) is 10.7. The zero-order valence-corrected chi connectivity index (χ0v) is 17.6. The first-order valence-corrected chi connectivity index (χ1v) is 9.44. The molecular weight excluding hydrogens is 415 g/mol. The van der Waals surface area contributed by atoms with Crippen molar-refractivity contribution in [2.24, 2.45) is 16.8 Å². The summed E-state index contributed by atoms with van der Waals surface area (Å²) in [5.41, 5.74) is 0. The van der Waals surface area contributed by atoms with Gasteiger partial charge in [0.05, 0.1) is 0 Å². The number of halogens is 1. The number of nitrogens with zero attached hydrogens (tertiary/aromatic N) is 1. The minimum atomic E-state index is 0. The van der Waals surface area contributed by atoms with Crippen molar-refractivity contribution in [3.8, 4) is 0 Å². The molecule has 2 fully saturated rings. The third kappa shape index (κ3) is 8.53. The van der Waals surface area contributed by atoms with Crippen molar-refractivity contribution in [1.29, 1.82) is 0 Å². The van der Waals surface area contributed by atoms with Gasteiger partial charge in [-0.15, -0.1) is 24.0 Å². The summed E-state index contributed by atoms with van der Waals surface area (Å²) >= 11 is 0. The molecule has 24 heavy (non-hydrogen) atoms. The van der Waals surface area contributed by atoms with Crippen LogP contribution in [0.4, 0.5) is 0 Å². The van der Waals surface area contributed by atoms with Crippen molar-refractivity contribution in [2.45, 2.75) is 70.8 Å². The van der Waals surface area contributed by atoms with Gasteiger partial charge in [-0.1, -0.05) is 32.1 Å². The van der Waals surface area contributed by atoms with Crippen LogP contribution < -0.4 is 16.0 Å². The molecule has 1 amide bonds. The van der Waals surface area contributed by atoms with Crippen LogP contribution >= 0.6 is 24.0 Å². The van der Waals surface area contributed by atoms with Gasteiger partial charge in [0.1, 0.15) is 0 Å². The predicted octanol–water partition coefficient (Wildman–Crippen LogP) is 3.04. The number of amides is 1. The van der Waals surface area contributed by atoms with E-state index < -0.39 is 0 Å². The van der Waals surface area contributed by atoms with Crippen molar-refractivity contribution in [2.75, 3.05) is 20.1 Å². The second-order valence-electron chi connectivity index (χ2n) is 7.19. The fourth-order valence-electron chi connectivity index (χ4n) is 3.32. The molecule has 0 aliphatic heterocycles. The van der Waals surface area contributed by atoms with E-state index >= 15 is 0 Å². The van der Waals surface area contributed by atoms with E-state index in [0.29, 0.717) is 19.1 Å². The van der Waals surface area contributed by atoms with Crippen molar-refractivity contribution in [3.05, 3.63) is 0 Å². The highest BCUT2D eigenvalue weighted by Crippen LogP contribution is 2.28. The lowest BCUT2D eigenvalue weighted by atomic mass is 9.85. The van der Waals surface area contributed by atoms with Gasteiger partial charge in [-0.2, -0.15) is 0 Å². The van der Waals surface area contributed by atoms with E-state index in [-0.39, 0.29) is 35.8 Å². The zero-order chi connectivity index (χ0) is 16.5. The average molecular weight is 450 g/mol. The lowest BCUT2D eigenvalue weighted by Gasteiger charge is -2.24. The van der Waals surface area contributed by atoms with Crippen LogP contribution in [0, 0.1) is 11.8 Å². The molecular formula is C18H35IN4O. The molecule has 0 bridgehead atoms. The Morgan fingerprint density at radius 1 is 1.08 bits per heavy atom. The molecule has 2 aliphatic rings. The molecule has 0 aromatic carbocycles. The Balaban J connectivity index is 0.00000288. The summed E-state index contributed by atoms with van der Waals surface area (Å²) in [5, 5.41) is 9.69. The number of rotatable bonds is 8. The molecule has 3 N–H and O–H groups in total. The number of aliphatic imine (C=N–C) groups is 1. The van der Waals surface area contributed by atoms with Gasteiger partial charge in [-0.25, -0.2) is 0 Å². The van der Waals surface area contributed by atoms with Crippen molar-refractivity contribution < 1.29 is 4.79 Å². The highest BCUT2D eigenvalue weighted by Gasteiger charge is 2.28. The van der Waals surface area contributed by atoms with E-state index in [2.05, 4.69) is 27.9 Å². The van der Waals surface area contributed by atoms with Gasteiger partial charge >= 0.3 is 0 Å². The van der Waals surface area contributed by atoms with Gasteiger partial charge in [-0.05, 0) is 38.5 Å². The lowest BCUT2D eigenvalue weighted by molar-refractivity contribution is -0.122. The van der Waals surface area contributed by atoms with Crippen LogP contribution in [0.3, 0.4) is 0 Å². The number of hydrogen-bond acceptors (Lipinski definition) is 2. The summed E-state index contributed by atoms with van der Waals surface area (Å²) < 4.78 is 0. The predicted molar refractivity (Wildman–Crippen MR) is 111 cm³/mol. The molecule has 2 saturated carbocycles. The molecule has 1 atom stereocenters. The van der Waals surface area contributed by atoms with E-state index in [9.17, 15) is 4.79 Å². The summed E-state index contributed by atoms with van der Waals surface area (Å²) in [6.07, 6.45) is 11.7. The molecule has 0 radical (unpaired) electrons. The molecule has 6 heteroatoms. The highest BCUT2D eigenvalue weighted by molar-refractivity contribution is 14.0. The van der Waals surface area contributed by atoms with Crippen LogP contribution in [0.5, 0.6) is 0 Å². The second kappa shape index (κ2) is 11.9. The first-order chi connectivity index (χ1) is 11.2. The van der Waals surface area contributed by atoms with E-state index in [4.69, 9.17) is 0 Å². The molecule has 0 aromatic rings. The summed E-state index contributed by atoms with van der Waals surface area (Å²) in [5.74, 6) is 2.25. The minimum Gasteiger partial charge on any atom is -0.355 e. The van der Waals surface area contributed by atoms with E-state index in [1.165, 1.54) is 44.9 Å². The van der Waals surface area contributed by atoms with Crippen LogP contribution in [0.2, 0.25) is 0 Å². The van der Waals surface area contributed by atoms with Crippen molar-refractivity contribution in [1.82, 2.24) is 16.0 Å². The maximum atomic E-state index is 11.5. The van der Waals surface area contributed by atoms with E-state index in [0.717, 1.165) is 24.7 Å². The molecule has 2 aliphatic carbocycles. The van der Waals surface area contributed by atoms with Crippen LogP contribution in [0.25, 0.3) is 0 Å². The fraction of sp³-hybridized carbons (Fsp3) is 0.889. The van der Waals surface area contributed by atoms with Crippen LogP contribution in [-0.2, 0) is 4.79 Å². The van der Waals surface area contributed by atoms with E-state index in [1.807, 2.05) is 0 Å². The van der Waals surface area contributed by atoms with E-state index in [1.54, 1.807) is 7.05 Å². The Morgan fingerprint density at radius 2 is 1.75 bits per heavy atom. The van der Waals surface area contributed by atoms with Crippen LogP contribution in [0.1, 0.15) is 64.7 Å². The summed E-state index contributed by atoms with van der Waals surface area (Å²) in [6.45, 7) is 3.60. The third-order valence-electron chi connectivity index (χ3n) is 5.00. The van der Waals surface area contributed by atoms with Gasteiger partial charge in [0.25, 0.3) is 0 Å². The molecule has 0 saturated heterocycles. The normalized spacial score (nSPS) is 20.0. The van der Waals surface area contributed by atoms with Gasteiger partial charge in [-0.3, -0.25) is 9.79 Å². The number of nitrogens with one attached hydrogen (secondary N) is 3. The van der Waals surface area contributed by atoms with Gasteiger partial charge in [0.15, 0.2) is 5.96 Å². The SMILES string of the molecule is CN=C(NCCNC(=O)C1CC1)NC(C)CCC1CCCCC1.I. The number of carbonyl (C=O) groups excluding carboxylic acids is 1. The fourth-order valence-corrected chi connectivity index (χ4v) is 3.32. The molecule has 2 rings (SSSR count). The maximum absolute atomic E-state index is 11.5. The van der Waals surface area contributed by atoms with Crippen molar-refractivity contribution in [3.63, 3.8) is 0 Å². The largest absolute Gasteiger partial charge is 0.355 e. The lowest BCUT2D eigenvalue weighted by Crippen LogP contribution is -2.45. The highest BCUT2D eigenvalue weighted by atomic mass is 127. The zero-order valence-electron chi connectivity index (χ0n) is 15.3. The molecule has 140 valence electrons. The molecule has 0 spiro atoms. The standard InChI is InChI=1S/C18H34N4O.HI/c1-14(8-9-15-6-4-3-5-7-15)22-18(19-2)21-13-12-20-17(23)16-10-11-16;/h14-16H,3-13H2,1-2H3,(H,20,23)(H2,19,21,22);1H. The topological polar surface area (TPSA) is 65.5 Å². The Morgan fingerprint density at radius 3 is 2.38 bits per heavy atom. The van der Waals surface area contributed by atoms with Gasteiger partial charge in [0.2, 0.25) is 5.91 Å². The number of hydrogen-bond donors (Lipinski definition) is 3. The Hall–Kier alpha value is -0.530. The quantitative estimate of drug-likeness (QED) is 0.231. The van der Waals surface area contributed by atoms with Gasteiger partial charge in [0, 0.05) is 32.1 Å². The first-order valence-electron chi connectivity index (χ1n) is 9.44. The minimum absolute atomic E-state index is 0. The Labute approximate surface area is 164 Å². The van der Waals surface area contributed by atoms with Crippen LogP contribution in [0.15, 0.2) is 4.99 Å². The average Bonchev–Trinajstić information content (AvgIpc) is 3.41. The summed E-state index contributed by atoms with van der Waals surface area (Å²) in [7, 11) is 1.80. The second-order valence-corrected chi connectivity index (χ2v) is 7.19. The Bertz CT molecular complexity index is 392. The smallest absolute Gasteiger partial charge is 0.223 e. The maximum Gasteiger partial charge on any atom is 0.223 e. The summed E-state index contributed by atoms with van der Waals surface area (Å²) in [4.78, 5) is 15.8. The summed E-state index contributed by atoms with van der Waals surface area (Å²) in [6, 6.07) is 0.434. The first kappa shape index (κ1) is 21.5. The monoisotopic (exact) mass is 450 g/mol. The molecule has 0 heterocycles. The van der Waals surface area contributed by atoms with Crippen LogP contribution in [-0.4, -0.2) is 38.0 Å².